The maximum absolute atomic E-state index is 6.50. The first-order valence-corrected chi connectivity index (χ1v) is 7.18. The molecule has 3 atom stereocenters. The number of hydrogen-bond donors (Lipinski definition) is 1. The molecule has 98 valence electrons. The van der Waals surface area contributed by atoms with Crippen molar-refractivity contribution >= 4 is 0 Å². The Labute approximate surface area is 110 Å². The molecule has 0 bridgehead atoms. The van der Waals surface area contributed by atoms with Crippen LogP contribution in [0, 0.1) is 24.7 Å². The number of hydrogen-bond acceptors (Lipinski definition) is 2. The molecule has 0 heterocycles. The van der Waals surface area contributed by atoms with E-state index in [-0.39, 0.29) is 6.04 Å². The van der Waals surface area contributed by atoms with Gasteiger partial charge in [-0.05, 0) is 56.9 Å². The Kier molecular flexibility index (Phi) is 3.06. The van der Waals surface area contributed by atoms with Crippen LogP contribution in [0.1, 0.15) is 43.4 Å². The lowest BCUT2D eigenvalue weighted by molar-refractivity contribution is 0.323. The van der Waals surface area contributed by atoms with E-state index >= 15 is 0 Å². The van der Waals surface area contributed by atoms with Gasteiger partial charge in [0, 0.05) is 11.6 Å². The van der Waals surface area contributed by atoms with Crippen molar-refractivity contribution < 1.29 is 4.74 Å². The predicted octanol–water partition coefficient (Wildman–Crippen LogP) is 3.44. The van der Waals surface area contributed by atoms with E-state index in [0.717, 1.165) is 17.6 Å². The van der Waals surface area contributed by atoms with E-state index in [2.05, 4.69) is 25.1 Å². The molecule has 1 aromatic carbocycles. The molecule has 2 aliphatic rings. The fourth-order valence-electron chi connectivity index (χ4n) is 3.52. The molecule has 2 fully saturated rings. The first-order valence-electron chi connectivity index (χ1n) is 7.18. The fraction of sp³-hybridized carbons (Fsp3) is 0.625. The molecular weight excluding hydrogens is 222 g/mol. The number of aryl methyl sites for hydroxylation is 1. The molecule has 0 aliphatic heterocycles. The van der Waals surface area contributed by atoms with Crippen molar-refractivity contribution in [1.29, 1.82) is 0 Å². The quantitative estimate of drug-likeness (QED) is 0.882. The smallest absolute Gasteiger partial charge is 0.124 e. The minimum absolute atomic E-state index is 0.152. The van der Waals surface area contributed by atoms with Crippen molar-refractivity contribution in [3.8, 4) is 5.75 Å². The van der Waals surface area contributed by atoms with E-state index in [1.807, 2.05) is 6.92 Å². The molecule has 2 aliphatic carbocycles. The second-order valence-corrected chi connectivity index (χ2v) is 5.99. The summed E-state index contributed by atoms with van der Waals surface area (Å²) in [5, 5.41) is 0. The molecule has 2 nitrogen and oxygen atoms in total. The normalized spacial score (nSPS) is 30.9. The van der Waals surface area contributed by atoms with Gasteiger partial charge in [0.25, 0.3) is 0 Å². The first-order chi connectivity index (χ1) is 8.69. The summed E-state index contributed by atoms with van der Waals surface area (Å²) in [6.07, 6.45) is 4.10. The number of ether oxygens (including phenoxy) is 1. The number of fused-ring (bicyclic) bond motifs is 1. The Morgan fingerprint density at radius 1 is 1.28 bits per heavy atom. The summed E-state index contributed by atoms with van der Waals surface area (Å²) in [6.45, 7) is 4.86. The van der Waals surface area contributed by atoms with E-state index in [9.17, 15) is 0 Å². The first kappa shape index (κ1) is 12.0. The van der Waals surface area contributed by atoms with Crippen LogP contribution in [-0.4, -0.2) is 6.61 Å². The summed E-state index contributed by atoms with van der Waals surface area (Å²) < 4.78 is 5.73. The summed E-state index contributed by atoms with van der Waals surface area (Å²) in [4.78, 5) is 0. The monoisotopic (exact) mass is 245 g/mol. The van der Waals surface area contributed by atoms with Crippen molar-refractivity contribution in [2.75, 3.05) is 6.61 Å². The lowest BCUT2D eigenvalue weighted by atomic mass is 9.89. The summed E-state index contributed by atoms with van der Waals surface area (Å²) in [5.41, 5.74) is 8.98. The van der Waals surface area contributed by atoms with Crippen LogP contribution in [0.4, 0.5) is 0 Å². The molecule has 3 rings (SSSR count). The summed E-state index contributed by atoms with van der Waals surface area (Å²) in [6, 6.07) is 6.54. The van der Waals surface area contributed by atoms with Crippen molar-refractivity contribution in [2.24, 2.45) is 23.5 Å². The van der Waals surface area contributed by atoms with Crippen LogP contribution in [0.5, 0.6) is 5.75 Å². The van der Waals surface area contributed by atoms with Gasteiger partial charge in [0.15, 0.2) is 0 Å². The molecule has 18 heavy (non-hydrogen) atoms. The van der Waals surface area contributed by atoms with Crippen LogP contribution in [0.25, 0.3) is 0 Å². The van der Waals surface area contributed by atoms with Gasteiger partial charge in [-0.2, -0.15) is 0 Å². The van der Waals surface area contributed by atoms with Crippen molar-refractivity contribution in [3.63, 3.8) is 0 Å². The highest BCUT2D eigenvalue weighted by Crippen LogP contribution is 2.57. The lowest BCUT2D eigenvalue weighted by Gasteiger charge is -2.23. The van der Waals surface area contributed by atoms with Crippen LogP contribution in [-0.2, 0) is 0 Å². The Morgan fingerprint density at radius 2 is 2.00 bits per heavy atom. The maximum atomic E-state index is 6.50. The zero-order chi connectivity index (χ0) is 12.7. The average Bonchev–Trinajstić information content (AvgIpc) is 2.98. The molecule has 3 unspecified atom stereocenters. The van der Waals surface area contributed by atoms with Gasteiger partial charge in [-0.25, -0.2) is 0 Å². The van der Waals surface area contributed by atoms with Crippen LogP contribution >= 0.6 is 0 Å². The highest BCUT2D eigenvalue weighted by atomic mass is 16.5. The topological polar surface area (TPSA) is 35.2 Å². The van der Waals surface area contributed by atoms with Gasteiger partial charge in [-0.15, -0.1) is 0 Å². The predicted molar refractivity (Wildman–Crippen MR) is 73.6 cm³/mol. The molecule has 2 N–H and O–H groups in total. The van der Waals surface area contributed by atoms with Crippen LogP contribution < -0.4 is 10.5 Å². The zero-order valence-corrected chi connectivity index (χ0v) is 11.4. The van der Waals surface area contributed by atoms with Crippen LogP contribution in [0.3, 0.4) is 0 Å². The average molecular weight is 245 g/mol. The molecule has 2 saturated carbocycles. The van der Waals surface area contributed by atoms with Crippen LogP contribution in [0.2, 0.25) is 0 Å². The van der Waals surface area contributed by atoms with E-state index < -0.39 is 0 Å². The standard InChI is InChI=1S/C16H23NO/c1-3-18-15-5-4-10(2)6-14(15)16(17)13-8-11-7-12(11)9-13/h4-6,11-13,16H,3,7-9,17H2,1-2H3. The van der Waals surface area contributed by atoms with Crippen LogP contribution in [0.15, 0.2) is 18.2 Å². The zero-order valence-electron chi connectivity index (χ0n) is 11.4. The number of nitrogens with two attached hydrogens (primary N) is 1. The second kappa shape index (κ2) is 4.58. The SMILES string of the molecule is CCOc1ccc(C)cc1C(N)C1CC2CC2C1. The Morgan fingerprint density at radius 3 is 2.67 bits per heavy atom. The number of rotatable bonds is 4. The van der Waals surface area contributed by atoms with Gasteiger partial charge >= 0.3 is 0 Å². The van der Waals surface area contributed by atoms with Crippen molar-refractivity contribution in [2.45, 2.75) is 39.2 Å². The Bertz CT molecular complexity index is 433. The van der Waals surface area contributed by atoms with Gasteiger partial charge in [0.05, 0.1) is 6.61 Å². The molecule has 0 spiro atoms. The van der Waals surface area contributed by atoms with Gasteiger partial charge in [-0.3, -0.25) is 0 Å². The molecular formula is C16H23NO. The third-order valence-corrected chi connectivity index (χ3v) is 4.61. The van der Waals surface area contributed by atoms with Crippen molar-refractivity contribution in [1.82, 2.24) is 0 Å². The second-order valence-electron chi connectivity index (χ2n) is 5.99. The molecule has 0 amide bonds. The van der Waals surface area contributed by atoms with E-state index in [0.29, 0.717) is 12.5 Å². The molecule has 1 aromatic rings. The van der Waals surface area contributed by atoms with Gasteiger partial charge in [0.1, 0.15) is 5.75 Å². The highest BCUT2D eigenvalue weighted by Gasteiger charge is 2.47. The summed E-state index contributed by atoms with van der Waals surface area (Å²) in [5.74, 6) is 3.62. The molecule has 2 heteroatoms. The Hall–Kier alpha value is -1.02. The van der Waals surface area contributed by atoms with E-state index in [1.165, 1.54) is 30.4 Å². The third kappa shape index (κ3) is 2.14. The Balaban J connectivity index is 1.82. The largest absolute Gasteiger partial charge is 0.494 e. The van der Waals surface area contributed by atoms with Gasteiger partial charge in [-0.1, -0.05) is 17.7 Å². The third-order valence-electron chi connectivity index (χ3n) is 4.61. The summed E-state index contributed by atoms with van der Waals surface area (Å²) >= 11 is 0. The van der Waals surface area contributed by atoms with Gasteiger partial charge in [0.2, 0.25) is 0 Å². The molecule has 0 radical (unpaired) electrons. The maximum Gasteiger partial charge on any atom is 0.124 e. The summed E-state index contributed by atoms with van der Waals surface area (Å²) in [7, 11) is 0. The van der Waals surface area contributed by atoms with Crippen molar-refractivity contribution in [3.05, 3.63) is 29.3 Å². The van der Waals surface area contributed by atoms with E-state index in [1.54, 1.807) is 0 Å². The van der Waals surface area contributed by atoms with E-state index in [4.69, 9.17) is 10.5 Å². The lowest BCUT2D eigenvalue weighted by Crippen LogP contribution is -2.21. The fourth-order valence-corrected chi connectivity index (χ4v) is 3.52. The number of benzene rings is 1. The minimum atomic E-state index is 0.152. The van der Waals surface area contributed by atoms with Gasteiger partial charge < -0.3 is 10.5 Å². The highest BCUT2D eigenvalue weighted by molar-refractivity contribution is 5.39. The molecule has 0 aromatic heterocycles. The minimum Gasteiger partial charge on any atom is -0.494 e. The molecule has 0 saturated heterocycles.